The quantitative estimate of drug-likeness (QED) is 0.437. The summed E-state index contributed by atoms with van der Waals surface area (Å²) in [5.74, 6) is 1.20. The molecule has 136 valence electrons. The second-order valence-electron chi connectivity index (χ2n) is 7.15. The first-order valence-corrected chi connectivity index (χ1v) is 11.1. The average Bonchev–Trinajstić information content (AvgIpc) is 3.32. The van der Waals surface area contributed by atoms with Gasteiger partial charge in [-0.05, 0) is 25.0 Å². The van der Waals surface area contributed by atoms with Gasteiger partial charge in [-0.15, -0.1) is 11.3 Å². The van der Waals surface area contributed by atoms with Gasteiger partial charge in [-0.1, -0.05) is 50.6 Å². The molecule has 1 aromatic carbocycles. The van der Waals surface area contributed by atoms with Crippen molar-refractivity contribution in [1.29, 1.82) is 0 Å². The van der Waals surface area contributed by atoms with Crippen LogP contribution >= 0.6 is 23.1 Å². The van der Waals surface area contributed by atoms with Crippen LogP contribution in [0.25, 0.3) is 10.9 Å². The smallest absolute Gasteiger partial charge is 0.262 e. The molecule has 6 heteroatoms. The summed E-state index contributed by atoms with van der Waals surface area (Å²) in [6.45, 7) is 4.33. The fourth-order valence-corrected chi connectivity index (χ4v) is 5.40. The second-order valence-corrected chi connectivity index (χ2v) is 8.98. The third kappa shape index (κ3) is 3.45. The maximum absolute atomic E-state index is 13.1. The molecule has 0 amide bonds. The summed E-state index contributed by atoms with van der Waals surface area (Å²) in [6.07, 6.45) is 4.53. The van der Waals surface area contributed by atoms with E-state index in [0.29, 0.717) is 5.92 Å². The van der Waals surface area contributed by atoms with Crippen molar-refractivity contribution in [3.8, 4) is 0 Å². The van der Waals surface area contributed by atoms with Crippen LogP contribution in [0.1, 0.15) is 62.2 Å². The zero-order valence-corrected chi connectivity index (χ0v) is 16.8. The Hall–Kier alpha value is -1.66. The van der Waals surface area contributed by atoms with Crippen LogP contribution < -0.4 is 5.56 Å². The lowest BCUT2D eigenvalue weighted by Gasteiger charge is -2.18. The SMILES string of the molecule is CC(C)c1nc(CSc2nc3ccccc3c(=O)n2C2CCCC2)cs1. The molecule has 4 rings (SSSR count). The topological polar surface area (TPSA) is 47.8 Å². The molecule has 1 saturated carbocycles. The summed E-state index contributed by atoms with van der Waals surface area (Å²) in [7, 11) is 0. The lowest BCUT2D eigenvalue weighted by atomic mass is 10.2. The number of para-hydroxylation sites is 1. The van der Waals surface area contributed by atoms with Gasteiger partial charge in [0.15, 0.2) is 5.16 Å². The lowest BCUT2D eigenvalue weighted by Crippen LogP contribution is -2.26. The monoisotopic (exact) mass is 385 g/mol. The minimum atomic E-state index is 0.103. The molecule has 0 bridgehead atoms. The van der Waals surface area contributed by atoms with Gasteiger partial charge in [0, 0.05) is 23.1 Å². The number of hydrogen-bond donors (Lipinski definition) is 0. The van der Waals surface area contributed by atoms with Crippen molar-refractivity contribution in [2.75, 3.05) is 0 Å². The Labute approximate surface area is 161 Å². The van der Waals surface area contributed by atoms with Crippen LogP contribution in [-0.4, -0.2) is 14.5 Å². The predicted octanol–water partition coefficient (Wildman–Crippen LogP) is 5.38. The van der Waals surface area contributed by atoms with Gasteiger partial charge in [-0.3, -0.25) is 9.36 Å². The van der Waals surface area contributed by atoms with Gasteiger partial charge < -0.3 is 0 Å². The van der Waals surface area contributed by atoms with Gasteiger partial charge in [0.05, 0.1) is 21.6 Å². The molecule has 3 aromatic rings. The number of hydrogen-bond acceptors (Lipinski definition) is 5. The molecule has 0 radical (unpaired) electrons. The van der Waals surface area contributed by atoms with Crippen molar-refractivity contribution in [3.63, 3.8) is 0 Å². The Morgan fingerprint density at radius 1 is 1.23 bits per heavy atom. The summed E-state index contributed by atoms with van der Waals surface area (Å²) >= 11 is 3.35. The van der Waals surface area contributed by atoms with E-state index in [0.717, 1.165) is 40.3 Å². The van der Waals surface area contributed by atoms with E-state index >= 15 is 0 Å². The third-order valence-electron chi connectivity index (χ3n) is 4.88. The highest BCUT2D eigenvalue weighted by atomic mass is 32.2. The van der Waals surface area contributed by atoms with E-state index in [9.17, 15) is 4.79 Å². The average molecular weight is 386 g/mol. The van der Waals surface area contributed by atoms with E-state index in [1.165, 1.54) is 17.8 Å². The van der Waals surface area contributed by atoms with E-state index in [4.69, 9.17) is 9.97 Å². The lowest BCUT2D eigenvalue weighted by molar-refractivity contribution is 0.457. The van der Waals surface area contributed by atoms with Crippen LogP contribution in [0.5, 0.6) is 0 Å². The predicted molar refractivity (Wildman–Crippen MR) is 109 cm³/mol. The Bertz CT molecular complexity index is 971. The van der Waals surface area contributed by atoms with Crippen LogP contribution in [0, 0.1) is 0 Å². The molecule has 0 atom stereocenters. The molecule has 0 unspecified atom stereocenters. The maximum Gasteiger partial charge on any atom is 0.262 e. The Balaban J connectivity index is 1.70. The number of fused-ring (bicyclic) bond motifs is 1. The molecule has 2 aromatic heterocycles. The molecular weight excluding hydrogens is 362 g/mol. The summed E-state index contributed by atoms with van der Waals surface area (Å²) < 4.78 is 1.95. The molecule has 1 aliphatic rings. The second kappa shape index (κ2) is 7.53. The molecule has 26 heavy (non-hydrogen) atoms. The van der Waals surface area contributed by atoms with E-state index in [1.54, 1.807) is 23.1 Å². The first kappa shape index (κ1) is 17.7. The van der Waals surface area contributed by atoms with Crippen LogP contribution in [0.15, 0.2) is 39.6 Å². The highest BCUT2D eigenvalue weighted by Gasteiger charge is 2.23. The van der Waals surface area contributed by atoms with Crippen molar-refractivity contribution >= 4 is 34.0 Å². The molecule has 0 spiro atoms. The van der Waals surface area contributed by atoms with Gasteiger partial charge in [0.1, 0.15) is 0 Å². The fraction of sp³-hybridized carbons (Fsp3) is 0.450. The molecule has 0 saturated heterocycles. The zero-order chi connectivity index (χ0) is 18.1. The number of aromatic nitrogens is 3. The van der Waals surface area contributed by atoms with Crippen molar-refractivity contribution in [3.05, 3.63) is 50.7 Å². The fourth-order valence-electron chi connectivity index (χ4n) is 3.50. The summed E-state index contributed by atoms with van der Waals surface area (Å²) in [4.78, 5) is 22.7. The van der Waals surface area contributed by atoms with Crippen molar-refractivity contribution in [2.24, 2.45) is 0 Å². The van der Waals surface area contributed by atoms with Crippen LogP contribution in [-0.2, 0) is 5.75 Å². The number of thioether (sulfide) groups is 1. The van der Waals surface area contributed by atoms with Crippen LogP contribution in [0.2, 0.25) is 0 Å². The first-order valence-electron chi connectivity index (χ1n) is 9.22. The van der Waals surface area contributed by atoms with Gasteiger partial charge in [0.25, 0.3) is 5.56 Å². The summed E-state index contributed by atoms with van der Waals surface area (Å²) in [5, 5.41) is 4.85. The van der Waals surface area contributed by atoms with Crippen molar-refractivity contribution in [1.82, 2.24) is 14.5 Å². The normalized spacial score (nSPS) is 15.3. The molecule has 1 aliphatic carbocycles. The Kier molecular flexibility index (Phi) is 5.14. The highest BCUT2D eigenvalue weighted by Crippen LogP contribution is 2.33. The summed E-state index contributed by atoms with van der Waals surface area (Å²) in [5.41, 5.74) is 1.96. The number of nitrogens with zero attached hydrogens (tertiary/aromatic N) is 3. The number of thiazole rings is 1. The van der Waals surface area contributed by atoms with Gasteiger partial charge >= 0.3 is 0 Å². The minimum Gasteiger partial charge on any atom is -0.284 e. The zero-order valence-electron chi connectivity index (χ0n) is 15.1. The largest absolute Gasteiger partial charge is 0.284 e. The third-order valence-corrected chi connectivity index (χ3v) is 7.06. The van der Waals surface area contributed by atoms with Gasteiger partial charge in [-0.25, -0.2) is 9.97 Å². The summed E-state index contributed by atoms with van der Waals surface area (Å²) in [6, 6.07) is 7.96. The number of benzene rings is 1. The highest BCUT2D eigenvalue weighted by molar-refractivity contribution is 7.98. The van der Waals surface area contributed by atoms with Crippen molar-refractivity contribution < 1.29 is 0 Å². The Morgan fingerprint density at radius 3 is 2.73 bits per heavy atom. The van der Waals surface area contributed by atoms with E-state index < -0.39 is 0 Å². The van der Waals surface area contributed by atoms with Gasteiger partial charge in [0.2, 0.25) is 0 Å². The van der Waals surface area contributed by atoms with E-state index in [2.05, 4.69) is 19.2 Å². The minimum absolute atomic E-state index is 0.103. The molecule has 2 heterocycles. The van der Waals surface area contributed by atoms with E-state index in [1.807, 2.05) is 28.8 Å². The number of rotatable bonds is 5. The van der Waals surface area contributed by atoms with Crippen LogP contribution in [0.3, 0.4) is 0 Å². The molecule has 0 N–H and O–H groups in total. The van der Waals surface area contributed by atoms with E-state index in [-0.39, 0.29) is 11.6 Å². The Morgan fingerprint density at radius 2 is 2.00 bits per heavy atom. The van der Waals surface area contributed by atoms with Crippen molar-refractivity contribution in [2.45, 2.75) is 62.4 Å². The molecular formula is C20H23N3OS2. The first-order chi connectivity index (χ1) is 12.6. The molecule has 0 aliphatic heterocycles. The maximum atomic E-state index is 13.1. The molecule has 1 fully saturated rings. The van der Waals surface area contributed by atoms with Crippen LogP contribution in [0.4, 0.5) is 0 Å². The van der Waals surface area contributed by atoms with Gasteiger partial charge in [-0.2, -0.15) is 0 Å². The standard InChI is InChI=1S/C20H23N3OS2/c1-13(2)18-21-14(11-25-18)12-26-20-22-17-10-6-5-9-16(17)19(24)23(20)15-7-3-4-8-15/h5-6,9-11,13,15H,3-4,7-8,12H2,1-2H3. The molecule has 4 nitrogen and oxygen atoms in total.